The molecular formula is C14H23NO2. The minimum atomic E-state index is -0.0690. The summed E-state index contributed by atoms with van der Waals surface area (Å²) in [5.41, 5.74) is -0.0690. The van der Waals surface area contributed by atoms with Crippen molar-refractivity contribution in [3.05, 3.63) is 23.7 Å². The molecule has 96 valence electrons. The molecule has 0 amide bonds. The standard InChI is InChI=1S/C14H23NO2/c1-10-6-12(10)13-5-4-11(17-13)7-15-8-14(2,3)9-16/h4-5,10,12,15-16H,6-9H2,1-3H3. The topological polar surface area (TPSA) is 45.4 Å². The van der Waals surface area contributed by atoms with E-state index in [1.807, 2.05) is 13.8 Å². The van der Waals surface area contributed by atoms with Crippen LogP contribution in [0.2, 0.25) is 0 Å². The van der Waals surface area contributed by atoms with Gasteiger partial charge in [0.25, 0.3) is 0 Å². The van der Waals surface area contributed by atoms with Gasteiger partial charge in [0.1, 0.15) is 11.5 Å². The van der Waals surface area contributed by atoms with Crippen molar-refractivity contribution in [2.24, 2.45) is 11.3 Å². The molecule has 0 spiro atoms. The molecule has 1 fully saturated rings. The van der Waals surface area contributed by atoms with Gasteiger partial charge in [0.15, 0.2) is 0 Å². The van der Waals surface area contributed by atoms with Gasteiger partial charge in [0.2, 0.25) is 0 Å². The van der Waals surface area contributed by atoms with Crippen molar-refractivity contribution >= 4 is 0 Å². The normalized spacial score (nSPS) is 24.0. The molecule has 1 saturated carbocycles. The second-order valence-electron chi connectivity index (χ2n) is 6.05. The fourth-order valence-electron chi connectivity index (χ4n) is 1.99. The van der Waals surface area contributed by atoms with Crippen molar-refractivity contribution in [2.75, 3.05) is 13.2 Å². The first kappa shape index (κ1) is 12.7. The lowest BCUT2D eigenvalue weighted by atomic mass is 9.95. The highest BCUT2D eigenvalue weighted by Gasteiger charge is 2.36. The molecule has 0 aromatic carbocycles. The van der Waals surface area contributed by atoms with Crippen molar-refractivity contribution < 1.29 is 9.52 Å². The van der Waals surface area contributed by atoms with Gasteiger partial charge in [-0.25, -0.2) is 0 Å². The molecule has 2 atom stereocenters. The molecule has 3 nitrogen and oxygen atoms in total. The van der Waals surface area contributed by atoms with Crippen LogP contribution in [0.3, 0.4) is 0 Å². The molecule has 2 rings (SSSR count). The number of nitrogens with one attached hydrogen (secondary N) is 1. The molecule has 0 radical (unpaired) electrons. The fraction of sp³-hybridized carbons (Fsp3) is 0.714. The first-order valence-electron chi connectivity index (χ1n) is 6.42. The van der Waals surface area contributed by atoms with E-state index in [0.29, 0.717) is 5.92 Å². The average Bonchev–Trinajstić information content (AvgIpc) is 2.83. The summed E-state index contributed by atoms with van der Waals surface area (Å²) in [6, 6.07) is 4.15. The number of aliphatic hydroxyl groups is 1. The van der Waals surface area contributed by atoms with Crippen LogP contribution in [0.5, 0.6) is 0 Å². The summed E-state index contributed by atoms with van der Waals surface area (Å²) >= 11 is 0. The second kappa shape index (κ2) is 4.83. The van der Waals surface area contributed by atoms with Crippen LogP contribution in [0.25, 0.3) is 0 Å². The number of rotatable bonds is 6. The smallest absolute Gasteiger partial charge is 0.117 e. The van der Waals surface area contributed by atoms with Gasteiger partial charge >= 0.3 is 0 Å². The largest absolute Gasteiger partial charge is 0.464 e. The van der Waals surface area contributed by atoms with Crippen LogP contribution in [-0.4, -0.2) is 18.3 Å². The maximum absolute atomic E-state index is 9.14. The Morgan fingerprint density at radius 3 is 2.76 bits per heavy atom. The molecule has 1 aromatic heterocycles. The first-order valence-corrected chi connectivity index (χ1v) is 6.42. The molecule has 1 heterocycles. The van der Waals surface area contributed by atoms with E-state index in [4.69, 9.17) is 9.52 Å². The van der Waals surface area contributed by atoms with E-state index in [1.165, 1.54) is 6.42 Å². The lowest BCUT2D eigenvalue weighted by Crippen LogP contribution is -2.31. The van der Waals surface area contributed by atoms with Crippen molar-refractivity contribution in [3.8, 4) is 0 Å². The lowest BCUT2D eigenvalue weighted by Gasteiger charge is -2.21. The summed E-state index contributed by atoms with van der Waals surface area (Å²) in [6.45, 7) is 8.07. The van der Waals surface area contributed by atoms with Crippen LogP contribution < -0.4 is 5.32 Å². The predicted octanol–water partition coefficient (Wildman–Crippen LogP) is 2.51. The van der Waals surface area contributed by atoms with E-state index in [1.54, 1.807) is 0 Å². The van der Waals surface area contributed by atoms with Gasteiger partial charge in [-0.2, -0.15) is 0 Å². The molecule has 0 saturated heterocycles. The van der Waals surface area contributed by atoms with Crippen LogP contribution in [0.1, 0.15) is 44.6 Å². The molecule has 17 heavy (non-hydrogen) atoms. The van der Waals surface area contributed by atoms with Crippen molar-refractivity contribution in [1.29, 1.82) is 0 Å². The lowest BCUT2D eigenvalue weighted by molar-refractivity contribution is 0.156. The third kappa shape index (κ3) is 3.33. The zero-order valence-electron chi connectivity index (χ0n) is 11.0. The van der Waals surface area contributed by atoms with Crippen molar-refractivity contribution in [2.45, 2.75) is 39.7 Å². The Kier molecular flexibility index (Phi) is 3.59. The van der Waals surface area contributed by atoms with E-state index in [0.717, 1.165) is 30.5 Å². The molecular weight excluding hydrogens is 214 g/mol. The summed E-state index contributed by atoms with van der Waals surface area (Å²) < 4.78 is 5.80. The number of furan rings is 1. The zero-order valence-corrected chi connectivity index (χ0v) is 11.0. The highest BCUT2D eigenvalue weighted by molar-refractivity contribution is 5.17. The second-order valence-corrected chi connectivity index (χ2v) is 6.05. The van der Waals surface area contributed by atoms with Gasteiger partial charge in [0, 0.05) is 24.5 Å². The van der Waals surface area contributed by atoms with Crippen LogP contribution in [0, 0.1) is 11.3 Å². The van der Waals surface area contributed by atoms with E-state index in [2.05, 4.69) is 24.4 Å². The molecule has 0 aliphatic heterocycles. The zero-order chi connectivity index (χ0) is 12.5. The molecule has 2 unspecified atom stereocenters. The third-order valence-electron chi connectivity index (χ3n) is 3.49. The van der Waals surface area contributed by atoms with E-state index >= 15 is 0 Å². The Morgan fingerprint density at radius 2 is 2.18 bits per heavy atom. The summed E-state index contributed by atoms with van der Waals surface area (Å²) in [5.74, 6) is 3.57. The molecule has 3 heteroatoms. The van der Waals surface area contributed by atoms with E-state index in [9.17, 15) is 0 Å². The quantitative estimate of drug-likeness (QED) is 0.799. The van der Waals surface area contributed by atoms with Crippen LogP contribution >= 0.6 is 0 Å². The van der Waals surface area contributed by atoms with Crippen LogP contribution in [0.4, 0.5) is 0 Å². The van der Waals surface area contributed by atoms with Gasteiger partial charge in [-0.3, -0.25) is 0 Å². The molecule has 0 bridgehead atoms. The predicted molar refractivity (Wildman–Crippen MR) is 67.8 cm³/mol. The van der Waals surface area contributed by atoms with Gasteiger partial charge in [-0.05, 0) is 24.5 Å². The summed E-state index contributed by atoms with van der Waals surface area (Å²) in [4.78, 5) is 0. The Balaban J connectivity index is 1.78. The van der Waals surface area contributed by atoms with Crippen LogP contribution in [-0.2, 0) is 6.54 Å². The van der Waals surface area contributed by atoms with Crippen LogP contribution in [0.15, 0.2) is 16.5 Å². The number of hydrogen-bond donors (Lipinski definition) is 2. The van der Waals surface area contributed by atoms with Gasteiger partial charge in [-0.1, -0.05) is 20.8 Å². The summed E-state index contributed by atoms with van der Waals surface area (Å²) in [7, 11) is 0. The van der Waals surface area contributed by atoms with Gasteiger partial charge in [-0.15, -0.1) is 0 Å². The van der Waals surface area contributed by atoms with Gasteiger partial charge < -0.3 is 14.8 Å². The molecule has 1 aromatic rings. The molecule has 1 aliphatic rings. The Hall–Kier alpha value is -0.800. The summed E-state index contributed by atoms with van der Waals surface area (Å²) in [5, 5.41) is 12.5. The SMILES string of the molecule is CC1CC1c1ccc(CNCC(C)(C)CO)o1. The third-order valence-corrected chi connectivity index (χ3v) is 3.49. The minimum Gasteiger partial charge on any atom is -0.464 e. The number of hydrogen-bond acceptors (Lipinski definition) is 3. The summed E-state index contributed by atoms with van der Waals surface area (Å²) in [6.07, 6.45) is 1.26. The minimum absolute atomic E-state index is 0.0690. The molecule has 1 aliphatic carbocycles. The Labute approximate surface area is 103 Å². The first-order chi connectivity index (χ1) is 8.02. The van der Waals surface area contributed by atoms with E-state index < -0.39 is 0 Å². The maximum Gasteiger partial charge on any atom is 0.117 e. The molecule has 2 N–H and O–H groups in total. The maximum atomic E-state index is 9.14. The monoisotopic (exact) mass is 237 g/mol. The Bertz CT molecular complexity index is 370. The van der Waals surface area contributed by atoms with Gasteiger partial charge in [0.05, 0.1) is 6.54 Å². The van der Waals surface area contributed by atoms with Crippen molar-refractivity contribution in [3.63, 3.8) is 0 Å². The highest BCUT2D eigenvalue weighted by atomic mass is 16.3. The highest BCUT2D eigenvalue weighted by Crippen LogP contribution is 2.47. The van der Waals surface area contributed by atoms with E-state index in [-0.39, 0.29) is 12.0 Å². The Morgan fingerprint density at radius 1 is 1.47 bits per heavy atom. The number of aliphatic hydroxyl groups excluding tert-OH is 1. The average molecular weight is 237 g/mol. The fourth-order valence-corrected chi connectivity index (χ4v) is 1.99. The van der Waals surface area contributed by atoms with Crippen molar-refractivity contribution in [1.82, 2.24) is 5.32 Å².